The number of nitrogens with one attached hydrogen (secondary N) is 1. The number of carboxylic acid groups (broad SMARTS) is 1. The van der Waals surface area contributed by atoms with E-state index in [1.807, 2.05) is 0 Å². The maximum Gasteiger partial charge on any atom is 0.307 e. The van der Waals surface area contributed by atoms with E-state index in [-0.39, 0.29) is 12.0 Å². The number of halogens is 2. The third-order valence-corrected chi connectivity index (χ3v) is 3.15. The van der Waals surface area contributed by atoms with Gasteiger partial charge in [-0.1, -0.05) is 23.2 Å². The number of carbonyl (C=O) groups is 1. The standard InChI is InChI=1S/C13H9Cl2NO3/c14-8-1-2-10(15)9(6-8)12-7(5-11(17)18)3-4-16-13(12)19/h1-4,6H,5H2,(H,16,19)(H,17,18). The first-order valence-corrected chi connectivity index (χ1v) is 6.12. The van der Waals surface area contributed by atoms with Crippen LogP contribution in [0.1, 0.15) is 5.56 Å². The largest absolute Gasteiger partial charge is 0.481 e. The van der Waals surface area contributed by atoms with E-state index in [4.69, 9.17) is 28.3 Å². The highest BCUT2D eigenvalue weighted by Gasteiger charge is 2.15. The molecule has 2 N–H and O–H groups in total. The van der Waals surface area contributed by atoms with Crippen molar-refractivity contribution in [2.45, 2.75) is 6.42 Å². The molecule has 0 saturated carbocycles. The topological polar surface area (TPSA) is 70.2 Å². The van der Waals surface area contributed by atoms with Gasteiger partial charge in [0.2, 0.25) is 0 Å². The summed E-state index contributed by atoms with van der Waals surface area (Å²) < 4.78 is 0. The Bertz CT molecular complexity index is 695. The summed E-state index contributed by atoms with van der Waals surface area (Å²) in [5.41, 5.74) is 0.646. The fourth-order valence-corrected chi connectivity index (χ4v) is 2.20. The highest BCUT2D eigenvalue weighted by molar-refractivity contribution is 6.35. The summed E-state index contributed by atoms with van der Waals surface area (Å²) in [7, 11) is 0. The molecule has 1 aromatic heterocycles. The molecule has 1 aromatic carbocycles. The van der Waals surface area contributed by atoms with E-state index >= 15 is 0 Å². The van der Waals surface area contributed by atoms with Crippen molar-refractivity contribution in [3.8, 4) is 11.1 Å². The van der Waals surface area contributed by atoms with Crippen LogP contribution in [0.3, 0.4) is 0 Å². The zero-order valence-electron chi connectivity index (χ0n) is 9.61. The van der Waals surface area contributed by atoms with Gasteiger partial charge < -0.3 is 10.1 Å². The lowest BCUT2D eigenvalue weighted by atomic mass is 9.99. The summed E-state index contributed by atoms with van der Waals surface area (Å²) in [6.45, 7) is 0. The number of aromatic amines is 1. The van der Waals surface area contributed by atoms with Crippen LogP contribution in [0, 0.1) is 0 Å². The highest BCUT2D eigenvalue weighted by atomic mass is 35.5. The van der Waals surface area contributed by atoms with Crippen molar-refractivity contribution >= 4 is 29.2 Å². The van der Waals surface area contributed by atoms with Crippen molar-refractivity contribution in [2.24, 2.45) is 0 Å². The molecule has 0 spiro atoms. The normalized spacial score (nSPS) is 10.4. The van der Waals surface area contributed by atoms with Crippen LogP contribution >= 0.6 is 23.2 Å². The van der Waals surface area contributed by atoms with E-state index in [1.165, 1.54) is 6.20 Å². The number of H-pyrrole nitrogens is 1. The van der Waals surface area contributed by atoms with Crippen LogP contribution in [-0.4, -0.2) is 16.1 Å². The molecule has 0 saturated heterocycles. The van der Waals surface area contributed by atoms with Gasteiger partial charge in [0.05, 0.1) is 12.0 Å². The van der Waals surface area contributed by atoms with Crippen LogP contribution in [0.25, 0.3) is 11.1 Å². The molecule has 2 rings (SSSR count). The molecule has 4 nitrogen and oxygen atoms in total. The number of benzene rings is 1. The fourth-order valence-electron chi connectivity index (χ4n) is 1.81. The predicted octanol–water partition coefficient (Wildman–Crippen LogP) is 2.98. The Hall–Kier alpha value is -1.78. The number of hydrogen-bond donors (Lipinski definition) is 2. The second-order valence-corrected chi connectivity index (χ2v) is 4.75. The van der Waals surface area contributed by atoms with Crippen molar-refractivity contribution in [3.63, 3.8) is 0 Å². The summed E-state index contributed by atoms with van der Waals surface area (Å²) in [4.78, 5) is 25.3. The van der Waals surface area contributed by atoms with Gasteiger partial charge in [0, 0.05) is 21.8 Å². The number of aromatic nitrogens is 1. The second kappa shape index (κ2) is 5.47. The Balaban J connectivity index is 2.70. The Morgan fingerprint density at radius 2 is 2.00 bits per heavy atom. The zero-order chi connectivity index (χ0) is 14.0. The van der Waals surface area contributed by atoms with Crippen LogP contribution in [0.5, 0.6) is 0 Å². The van der Waals surface area contributed by atoms with Gasteiger partial charge in [-0.05, 0) is 29.8 Å². The molecule has 19 heavy (non-hydrogen) atoms. The molecule has 0 unspecified atom stereocenters. The molecule has 0 aliphatic carbocycles. The van der Waals surface area contributed by atoms with Gasteiger partial charge in [-0.25, -0.2) is 0 Å². The van der Waals surface area contributed by atoms with Crippen LogP contribution in [-0.2, 0) is 11.2 Å². The lowest BCUT2D eigenvalue weighted by molar-refractivity contribution is -0.136. The van der Waals surface area contributed by atoms with Gasteiger partial charge in [-0.3, -0.25) is 9.59 Å². The third-order valence-electron chi connectivity index (χ3n) is 2.59. The summed E-state index contributed by atoms with van der Waals surface area (Å²) in [6.07, 6.45) is 1.14. The molecule has 0 atom stereocenters. The first kappa shape index (κ1) is 13.6. The minimum absolute atomic E-state index is 0.234. The highest BCUT2D eigenvalue weighted by Crippen LogP contribution is 2.30. The van der Waals surface area contributed by atoms with Gasteiger partial charge in [0.15, 0.2) is 0 Å². The van der Waals surface area contributed by atoms with E-state index in [9.17, 15) is 9.59 Å². The molecule has 0 bridgehead atoms. The van der Waals surface area contributed by atoms with Crippen LogP contribution in [0.15, 0.2) is 35.3 Å². The molecular weight excluding hydrogens is 289 g/mol. The quantitative estimate of drug-likeness (QED) is 0.915. The van der Waals surface area contributed by atoms with Crippen molar-refractivity contribution < 1.29 is 9.90 Å². The Morgan fingerprint density at radius 3 is 2.68 bits per heavy atom. The summed E-state index contributed by atoms with van der Waals surface area (Å²) >= 11 is 11.9. The van der Waals surface area contributed by atoms with E-state index in [0.717, 1.165) is 0 Å². The SMILES string of the molecule is O=C(O)Cc1cc[nH]c(=O)c1-c1cc(Cl)ccc1Cl. The predicted molar refractivity (Wildman–Crippen MR) is 73.9 cm³/mol. The summed E-state index contributed by atoms with van der Waals surface area (Å²) in [5, 5.41) is 9.64. The maximum absolute atomic E-state index is 11.9. The molecule has 0 amide bonds. The monoisotopic (exact) mass is 297 g/mol. The number of hydrogen-bond acceptors (Lipinski definition) is 2. The van der Waals surface area contributed by atoms with Crippen molar-refractivity contribution in [1.29, 1.82) is 0 Å². The first-order chi connectivity index (χ1) is 8.99. The smallest absolute Gasteiger partial charge is 0.307 e. The van der Waals surface area contributed by atoms with Gasteiger partial charge in [-0.15, -0.1) is 0 Å². The average molecular weight is 298 g/mol. The minimum Gasteiger partial charge on any atom is -0.481 e. The number of carboxylic acids is 1. The van der Waals surface area contributed by atoms with Crippen molar-refractivity contribution in [1.82, 2.24) is 4.98 Å². The van der Waals surface area contributed by atoms with Gasteiger partial charge in [0.25, 0.3) is 5.56 Å². The molecule has 0 radical (unpaired) electrons. The third kappa shape index (κ3) is 2.97. The summed E-state index contributed by atoms with van der Waals surface area (Å²) in [6, 6.07) is 6.25. The van der Waals surface area contributed by atoms with Crippen LogP contribution in [0.4, 0.5) is 0 Å². The lowest BCUT2D eigenvalue weighted by Crippen LogP contribution is -2.13. The second-order valence-electron chi connectivity index (χ2n) is 3.90. The first-order valence-electron chi connectivity index (χ1n) is 5.37. The van der Waals surface area contributed by atoms with Gasteiger partial charge in [-0.2, -0.15) is 0 Å². The van der Waals surface area contributed by atoms with Crippen molar-refractivity contribution in [2.75, 3.05) is 0 Å². The van der Waals surface area contributed by atoms with Crippen LogP contribution < -0.4 is 5.56 Å². The molecule has 1 heterocycles. The Labute approximate surface area is 118 Å². The number of pyridine rings is 1. The molecule has 98 valence electrons. The summed E-state index contributed by atoms with van der Waals surface area (Å²) in [5.74, 6) is -1.02. The lowest BCUT2D eigenvalue weighted by Gasteiger charge is -2.09. The van der Waals surface area contributed by atoms with Crippen LogP contribution in [0.2, 0.25) is 10.0 Å². The molecular formula is C13H9Cl2NO3. The van der Waals surface area contributed by atoms with Gasteiger partial charge in [0.1, 0.15) is 0 Å². The Kier molecular flexibility index (Phi) is 3.93. The van der Waals surface area contributed by atoms with Crippen molar-refractivity contribution in [3.05, 3.63) is 56.4 Å². The zero-order valence-corrected chi connectivity index (χ0v) is 11.1. The number of rotatable bonds is 3. The minimum atomic E-state index is -1.02. The average Bonchev–Trinajstić information content (AvgIpc) is 2.32. The molecule has 0 aliphatic rings. The fraction of sp³-hybridized carbons (Fsp3) is 0.0769. The molecule has 2 aromatic rings. The van der Waals surface area contributed by atoms with E-state index in [1.54, 1.807) is 24.3 Å². The number of aliphatic carboxylic acids is 1. The molecule has 0 fully saturated rings. The molecule has 6 heteroatoms. The van der Waals surface area contributed by atoms with E-state index in [2.05, 4.69) is 4.98 Å². The maximum atomic E-state index is 11.9. The van der Waals surface area contributed by atoms with E-state index in [0.29, 0.717) is 21.2 Å². The van der Waals surface area contributed by atoms with Gasteiger partial charge >= 0.3 is 5.97 Å². The Morgan fingerprint density at radius 1 is 1.26 bits per heavy atom. The molecule has 0 aliphatic heterocycles. The van der Waals surface area contributed by atoms with E-state index < -0.39 is 11.5 Å².